The van der Waals surface area contributed by atoms with Gasteiger partial charge in [0.15, 0.2) is 0 Å². The van der Waals surface area contributed by atoms with E-state index in [1.807, 2.05) is 7.05 Å². The molecule has 0 fully saturated rings. The van der Waals surface area contributed by atoms with Gasteiger partial charge in [-0.2, -0.15) is 0 Å². The lowest BCUT2D eigenvalue weighted by molar-refractivity contribution is 0.725. The van der Waals surface area contributed by atoms with E-state index in [9.17, 15) is 0 Å². The molecule has 1 aromatic carbocycles. The average molecular weight is 189 g/mol. The first-order valence-corrected chi connectivity index (χ1v) is 4.97. The molecule has 0 bridgehead atoms. The second-order valence-corrected chi connectivity index (χ2v) is 3.46. The van der Waals surface area contributed by atoms with Crippen LogP contribution in [0.4, 0.5) is 0 Å². The Morgan fingerprint density at radius 2 is 2.36 bits per heavy atom. The van der Waals surface area contributed by atoms with Gasteiger partial charge in [0.2, 0.25) is 0 Å². The monoisotopic (exact) mass is 189 g/mol. The van der Waals surface area contributed by atoms with E-state index in [-0.39, 0.29) is 0 Å². The summed E-state index contributed by atoms with van der Waals surface area (Å²) in [6.07, 6.45) is 4.04. The van der Waals surface area contributed by atoms with E-state index >= 15 is 0 Å². The Labute approximate surface area is 83.6 Å². The van der Waals surface area contributed by atoms with Crippen LogP contribution in [0.25, 0.3) is 11.0 Å². The molecule has 1 aromatic heterocycles. The molecule has 0 amide bonds. The van der Waals surface area contributed by atoms with Crippen LogP contribution in [0.15, 0.2) is 24.5 Å². The summed E-state index contributed by atoms with van der Waals surface area (Å²) in [5.74, 6) is 0. The molecule has 2 N–H and O–H groups in total. The third-order valence-electron chi connectivity index (χ3n) is 2.38. The van der Waals surface area contributed by atoms with Gasteiger partial charge in [0.05, 0.1) is 17.4 Å². The van der Waals surface area contributed by atoms with Gasteiger partial charge in [-0.25, -0.2) is 4.98 Å². The van der Waals surface area contributed by atoms with Gasteiger partial charge in [-0.15, -0.1) is 0 Å². The van der Waals surface area contributed by atoms with E-state index in [2.05, 4.69) is 33.5 Å². The lowest BCUT2D eigenvalue weighted by Crippen LogP contribution is -2.08. The zero-order chi connectivity index (χ0) is 9.80. The summed E-state index contributed by atoms with van der Waals surface area (Å²) in [4.78, 5) is 7.31. The number of benzene rings is 1. The van der Waals surface area contributed by atoms with Crippen molar-refractivity contribution in [2.75, 3.05) is 13.6 Å². The van der Waals surface area contributed by atoms with Crippen molar-refractivity contribution in [2.24, 2.45) is 0 Å². The van der Waals surface area contributed by atoms with Gasteiger partial charge in [-0.05, 0) is 44.1 Å². The molecule has 0 radical (unpaired) electrons. The van der Waals surface area contributed by atoms with Crippen LogP contribution in [0.2, 0.25) is 0 Å². The molecule has 1 heterocycles. The number of fused-ring (bicyclic) bond motifs is 1. The van der Waals surface area contributed by atoms with Gasteiger partial charge >= 0.3 is 0 Å². The van der Waals surface area contributed by atoms with Crippen LogP contribution in [0.5, 0.6) is 0 Å². The predicted molar refractivity (Wildman–Crippen MR) is 58.3 cm³/mol. The first kappa shape index (κ1) is 9.21. The van der Waals surface area contributed by atoms with Crippen molar-refractivity contribution in [1.29, 1.82) is 0 Å². The molecule has 2 rings (SSSR count). The molecule has 0 saturated carbocycles. The number of imidazole rings is 1. The first-order valence-electron chi connectivity index (χ1n) is 4.97. The molecule has 0 aliphatic carbocycles. The van der Waals surface area contributed by atoms with Crippen molar-refractivity contribution in [3.63, 3.8) is 0 Å². The fraction of sp³-hybridized carbons (Fsp3) is 0.364. The van der Waals surface area contributed by atoms with Crippen LogP contribution in [-0.4, -0.2) is 23.6 Å². The molecule has 0 aliphatic rings. The maximum absolute atomic E-state index is 4.19. The number of hydrogen-bond donors (Lipinski definition) is 2. The van der Waals surface area contributed by atoms with Crippen LogP contribution >= 0.6 is 0 Å². The zero-order valence-corrected chi connectivity index (χ0v) is 8.38. The van der Waals surface area contributed by atoms with Crippen LogP contribution in [-0.2, 0) is 6.42 Å². The minimum atomic E-state index is 1.04. The summed E-state index contributed by atoms with van der Waals surface area (Å²) in [5.41, 5.74) is 3.55. The lowest BCUT2D eigenvalue weighted by Gasteiger charge is -2.00. The molecule has 0 aliphatic heterocycles. The van der Waals surface area contributed by atoms with Crippen molar-refractivity contribution in [1.82, 2.24) is 15.3 Å². The molecule has 74 valence electrons. The van der Waals surface area contributed by atoms with E-state index in [0.717, 1.165) is 24.0 Å². The fourth-order valence-corrected chi connectivity index (χ4v) is 1.61. The Hall–Kier alpha value is -1.35. The lowest BCUT2D eigenvalue weighted by atomic mass is 10.1. The molecular formula is C11H15N3. The quantitative estimate of drug-likeness (QED) is 0.719. The Kier molecular flexibility index (Phi) is 2.79. The highest BCUT2D eigenvalue weighted by molar-refractivity contribution is 5.74. The Bertz CT molecular complexity index is 406. The van der Waals surface area contributed by atoms with E-state index < -0.39 is 0 Å². The average Bonchev–Trinajstić information content (AvgIpc) is 2.65. The predicted octanol–water partition coefficient (Wildman–Crippen LogP) is 1.71. The summed E-state index contributed by atoms with van der Waals surface area (Å²) in [6, 6.07) is 6.40. The molecule has 0 unspecified atom stereocenters. The summed E-state index contributed by atoms with van der Waals surface area (Å²) in [7, 11) is 1.98. The molecular weight excluding hydrogens is 174 g/mol. The van der Waals surface area contributed by atoms with Gasteiger partial charge in [0.25, 0.3) is 0 Å². The third-order valence-corrected chi connectivity index (χ3v) is 2.38. The highest BCUT2D eigenvalue weighted by atomic mass is 14.9. The van der Waals surface area contributed by atoms with E-state index in [1.165, 1.54) is 12.0 Å². The summed E-state index contributed by atoms with van der Waals surface area (Å²) in [6.45, 7) is 1.07. The number of aromatic nitrogens is 2. The smallest absolute Gasteiger partial charge is 0.0931 e. The van der Waals surface area contributed by atoms with Crippen molar-refractivity contribution >= 4 is 11.0 Å². The SMILES string of the molecule is CNCCCc1ccc2nc[nH]c2c1. The van der Waals surface area contributed by atoms with Gasteiger partial charge in [0, 0.05) is 0 Å². The van der Waals surface area contributed by atoms with Crippen molar-refractivity contribution in [2.45, 2.75) is 12.8 Å². The molecule has 0 saturated heterocycles. The fourth-order valence-electron chi connectivity index (χ4n) is 1.61. The molecule has 2 aromatic rings. The molecule has 0 spiro atoms. The van der Waals surface area contributed by atoms with Gasteiger partial charge in [0.1, 0.15) is 0 Å². The number of rotatable bonds is 4. The number of H-pyrrole nitrogens is 1. The largest absolute Gasteiger partial charge is 0.345 e. The molecule has 3 nitrogen and oxygen atoms in total. The minimum Gasteiger partial charge on any atom is -0.345 e. The van der Waals surface area contributed by atoms with E-state index in [0.29, 0.717) is 0 Å². The van der Waals surface area contributed by atoms with Crippen molar-refractivity contribution < 1.29 is 0 Å². The maximum atomic E-state index is 4.19. The number of nitrogens with one attached hydrogen (secondary N) is 2. The van der Waals surface area contributed by atoms with E-state index in [4.69, 9.17) is 0 Å². The molecule has 0 atom stereocenters. The number of aromatic amines is 1. The maximum Gasteiger partial charge on any atom is 0.0931 e. The summed E-state index contributed by atoms with van der Waals surface area (Å²) < 4.78 is 0. The van der Waals surface area contributed by atoms with Gasteiger partial charge in [-0.1, -0.05) is 6.07 Å². The number of nitrogens with zero attached hydrogens (tertiary/aromatic N) is 1. The first-order chi connectivity index (χ1) is 6.90. The number of hydrogen-bond acceptors (Lipinski definition) is 2. The van der Waals surface area contributed by atoms with Crippen LogP contribution in [0.3, 0.4) is 0 Å². The highest BCUT2D eigenvalue weighted by Crippen LogP contribution is 2.12. The second-order valence-electron chi connectivity index (χ2n) is 3.46. The Morgan fingerprint density at radius 1 is 1.43 bits per heavy atom. The van der Waals surface area contributed by atoms with Crippen LogP contribution in [0.1, 0.15) is 12.0 Å². The third kappa shape index (κ3) is 1.93. The number of aryl methyl sites for hydroxylation is 1. The van der Waals surface area contributed by atoms with Crippen LogP contribution in [0, 0.1) is 0 Å². The van der Waals surface area contributed by atoms with E-state index in [1.54, 1.807) is 6.33 Å². The standard InChI is InChI=1S/C11H15N3/c1-12-6-2-3-9-4-5-10-11(7-9)14-8-13-10/h4-5,7-8,12H,2-3,6H2,1H3,(H,13,14). The Balaban J connectivity index is 2.10. The van der Waals surface area contributed by atoms with Crippen LogP contribution < -0.4 is 5.32 Å². The highest BCUT2D eigenvalue weighted by Gasteiger charge is 1.97. The molecule has 3 heteroatoms. The zero-order valence-electron chi connectivity index (χ0n) is 8.38. The topological polar surface area (TPSA) is 40.7 Å². The summed E-state index contributed by atoms with van der Waals surface area (Å²) >= 11 is 0. The van der Waals surface area contributed by atoms with Crippen molar-refractivity contribution in [3.05, 3.63) is 30.1 Å². The second kappa shape index (κ2) is 4.24. The summed E-state index contributed by atoms with van der Waals surface area (Å²) in [5, 5.41) is 3.15. The van der Waals surface area contributed by atoms with Gasteiger partial charge in [-0.3, -0.25) is 0 Å². The van der Waals surface area contributed by atoms with Gasteiger partial charge < -0.3 is 10.3 Å². The minimum absolute atomic E-state index is 1.04. The van der Waals surface area contributed by atoms with Crippen molar-refractivity contribution in [3.8, 4) is 0 Å². The normalized spacial score (nSPS) is 10.9. The Morgan fingerprint density at radius 3 is 3.21 bits per heavy atom. The molecule has 14 heavy (non-hydrogen) atoms.